The molecule has 0 aliphatic carbocycles. The van der Waals surface area contributed by atoms with E-state index in [1.807, 2.05) is 0 Å². The molecule has 0 spiro atoms. The first kappa shape index (κ1) is 25.7. The standard InChI is InChI=1S/Al.H6O13P4.Zn.3H/c;1-14(2,3)11-16(7,8)13-17(9,10)12-15(4,5)6;;;;/h;(H,7,8)(H,9,10)(H2,1,2,3)(H2,4,5,6);;;;. The van der Waals surface area contributed by atoms with E-state index >= 15 is 0 Å². The third-order valence-electron chi connectivity index (χ3n) is 0.625. The van der Waals surface area contributed by atoms with Crippen molar-refractivity contribution in [2.45, 2.75) is 0 Å². The minimum Gasteiger partial charge on any atom is -0.302 e. The number of hydrogen-bond donors (Lipinski definition) is 6. The van der Waals surface area contributed by atoms with Gasteiger partial charge < -0.3 is 29.4 Å². The molecule has 0 saturated carbocycles. The smallest absolute Gasteiger partial charge is 0.302 e. The molecule has 13 nitrogen and oxygen atoms in total. The van der Waals surface area contributed by atoms with Gasteiger partial charge in [-0.05, 0) is 0 Å². The van der Waals surface area contributed by atoms with E-state index in [0.29, 0.717) is 0 Å². The zero-order valence-electron chi connectivity index (χ0n) is 8.04. The van der Waals surface area contributed by atoms with E-state index < -0.39 is 31.3 Å². The zero-order valence-corrected chi connectivity index (χ0v) is 14.6. The summed E-state index contributed by atoms with van der Waals surface area (Å²) >= 11 is 0. The monoisotopic (exact) mass is 432 g/mol. The molecule has 0 aromatic rings. The van der Waals surface area contributed by atoms with Gasteiger partial charge in [0, 0.05) is 19.5 Å². The summed E-state index contributed by atoms with van der Waals surface area (Å²) in [5.74, 6) is 0. The third kappa shape index (κ3) is 15.9. The van der Waals surface area contributed by atoms with E-state index in [-0.39, 0.29) is 36.8 Å². The summed E-state index contributed by atoms with van der Waals surface area (Å²) in [4.78, 5) is 49.4. The average molecular weight is 433 g/mol. The van der Waals surface area contributed by atoms with Crippen LogP contribution in [-0.4, -0.2) is 46.7 Å². The van der Waals surface area contributed by atoms with Crippen molar-refractivity contribution in [1.29, 1.82) is 0 Å². The third-order valence-corrected chi connectivity index (χ3v) is 5.63. The van der Waals surface area contributed by atoms with Crippen LogP contribution < -0.4 is 0 Å². The van der Waals surface area contributed by atoms with E-state index in [2.05, 4.69) is 12.9 Å². The van der Waals surface area contributed by atoms with Gasteiger partial charge in [-0.3, -0.25) is 0 Å². The maximum atomic E-state index is 10.7. The van der Waals surface area contributed by atoms with Crippen LogP contribution in [0.3, 0.4) is 0 Å². The topological polar surface area (TPSA) is 217 Å². The van der Waals surface area contributed by atoms with Crippen molar-refractivity contribution in [1.82, 2.24) is 0 Å². The first-order chi connectivity index (χ1) is 7.12. The fourth-order valence-electron chi connectivity index (χ4n) is 0.429. The van der Waals surface area contributed by atoms with Crippen molar-refractivity contribution in [3.8, 4) is 0 Å². The molecule has 112 valence electrons. The first-order valence-electron chi connectivity index (χ1n) is 3.03. The van der Waals surface area contributed by atoms with Gasteiger partial charge in [0.25, 0.3) is 0 Å². The molecule has 0 aliphatic rings. The Hall–Kier alpha value is 1.72. The maximum absolute atomic E-state index is 10.7. The minimum atomic E-state index is -5.77. The Bertz CT molecular complexity index is 413. The fourth-order valence-corrected chi connectivity index (χ4v) is 4.40. The molecule has 0 bridgehead atoms. The van der Waals surface area contributed by atoms with Crippen molar-refractivity contribution < 1.29 is 80.0 Å². The second kappa shape index (κ2) is 8.38. The van der Waals surface area contributed by atoms with Gasteiger partial charge in [0.2, 0.25) is 0 Å². The van der Waals surface area contributed by atoms with Crippen LogP contribution in [0, 0.1) is 0 Å². The molecule has 0 saturated heterocycles. The Morgan fingerprint density at radius 2 is 0.789 bits per heavy atom. The van der Waals surface area contributed by atoms with Crippen molar-refractivity contribution in [2.24, 2.45) is 0 Å². The quantitative estimate of drug-likeness (QED) is 0.202. The summed E-state index contributed by atoms with van der Waals surface area (Å²) in [5, 5.41) is 0. The van der Waals surface area contributed by atoms with Crippen LogP contribution in [0.25, 0.3) is 0 Å². The molecule has 0 aromatic carbocycles. The number of rotatable bonds is 6. The Balaban J connectivity index is -0.00000128. The summed E-state index contributed by atoms with van der Waals surface area (Å²) in [5.41, 5.74) is 0. The summed E-state index contributed by atoms with van der Waals surface area (Å²) < 4.78 is 50.9. The summed E-state index contributed by atoms with van der Waals surface area (Å²) in [6, 6.07) is 0. The summed E-state index contributed by atoms with van der Waals surface area (Å²) in [6.45, 7) is 0. The van der Waals surface area contributed by atoms with Crippen LogP contribution in [0.4, 0.5) is 0 Å². The Morgan fingerprint density at radius 1 is 0.579 bits per heavy atom. The largest absolute Gasteiger partial charge is 0.490 e. The second-order valence-electron chi connectivity index (χ2n) is 2.16. The van der Waals surface area contributed by atoms with Crippen molar-refractivity contribution >= 4 is 48.7 Å². The normalized spacial score (nSPS) is 18.4. The van der Waals surface area contributed by atoms with Crippen LogP contribution in [0.2, 0.25) is 0 Å². The Kier molecular flexibility index (Phi) is 11.3. The van der Waals surface area contributed by atoms with Crippen LogP contribution >= 0.6 is 31.3 Å². The predicted molar refractivity (Wildman–Crippen MR) is 56.9 cm³/mol. The SMILES string of the molecule is O=P(O)(O)OP(=O)(O)OP(=O)(O)OP(=O)(O)O.[AlH3].[Zn]. The molecule has 2 unspecified atom stereocenters. The molecular weight excluding hydrogens is 424 g/mol. The first-order valence-corrected chi connectivity index (χ1v) is 9.08. The van der Waals surface area contributed by atoms with Gasteiger partial charge in [-0.25, -0.2) is 18.3 Å². The molecule has 0 rings (SSSR count). The van der Waals surface area contributed by atoms with Gasteiger partial charge in [-0.15, -0.1) is 0 Å². The summed E-state index contributed by atoms with van der Waals surface area (Å²) in [7, 11) is -22.6. The minimum absolute atomic E-state index is 0. The molecule has 2 atom stereocenters. The van der Waals surface area contributed by atoms with E-state index in [1.165, 1.54) is 0 Å². The van der Waals surface area contributed by atoms with Crippen LogP contribution in [0.1, 0.15) is 0 Å². The van der Waals surface area contributed by atoms with Gasteiger partial charge in [0.05, 0.1) is 0 Å². The predicted octanol–water partition coefficient (Wildman–Crippen LogP) is -1.76. The van der Waals surface area contributed by atoms with E-state index in [1.54, 1.807) is 0 Å². The van der Waals surface area contributed by atoms with Crippen molar-refractivity contribution in [3.63, 3.8) is 0 Å². The number of phosphoric acid groups is 4. The molecule has 6 N–H and O–H groups in total. The van der Waals surface area contributed by atoms with Gasteiger partial charge in [-0.2, -0.15) is 12.9 Å². The maximum Gasteiger partial charge on any atom is 0.490 e. The van der Waals surface area contributed by atoms with Gasteiger partial charge in [-0.1, -0.05) is 0 Å². The average Bonchev–Trinajstić information content (AvgIpc) is 1.65. The van der Waals surface area contributed by atoms with Crippen molar-refractivity contribution in [3.05, 3.63) is 0 Å². The van der Waals surface area contributed by atoms with E-state index in [0.717, 1.165) is 0 Å². The van der Waals surface area contributed by atoms with Crippen LogP contribution in [0.5, 0.6) is 0 Å². The molecule has 0 aliphatic heterocycles. The fraction of sp³-hybridized carbons (Fsp3) is 0. The molecule has 0 amide bonds. The molecular formula is H9AlO13P4Zn. The molecule has 0 radical (unpaired) electrons. The zero-order chi connectivity index (χ0) is 14.1. The Labute approximate surface area is 128 Å². The van der Waals surface area contributed by atoms with Gasteiger partial charge >= 0.3 is 31.3 Å². The Morgan fingerprint density at radius 3 is 0.947 bits per heavy atom. The summed E-state index contributed by atoms with van der Waals surface area (Å²) in [6.07, 6.45) is 0. The molecule has 0 heterocycles. The van der Waals surface area contributed by atoms with E-state index in [4.69, 9.17) is 29.4 Å². The van der Waals surface area contributed by atoms with Gasteiger partial charge in [0.1, 0.15) is 0 Å². The van der Waals surface area contributed by atoms with Crippen LogP contribution in [0.15, 0.2) is 0 Å². The molecule has 0 aromatic heterocycles. The van der Waals surface area contributed by atoms with Gasteiger partial charge in [0.15, 0.2) is 17.4 Å². The number of hydrogen-bond acceptors (Lipinski definition) is 7. The van der Waals surface area contributed by atoms with Crippen LogP contribution in [-0.2, 0) is 50.7 Å². The molecule has 0 fully saturated rings. The van der Waals surface area contributed by atoms with E-state index in [9.17, 15) is 18.3 Å². The second-order valence-corrected chi connectivity index (χ2v) is 7.96. The molecule has 19 heteroatoms. The molecule has 19 heavy (non-hydrogen) atoms. The van der Waals surface area contributed by atoms with Crippen molar-refractivity contribution in [2.75, 3.05) is 0 Å².